The summed E-state index contributed by atoms with van der Waals surface area (Å²) in [7, 11) is 0. The van der Waals surface area contributed by atoms with E-state index in [1.165, 1.54) is 5.57 Å². The zero-order valence-electron chi connectivity index (χ0n) is 10.8. The molecule has 96 valence electrons. The minimum absolute atomic E-state index is 0.0304. The van der Waals surface area contributed by atoms with Gasteiger partial charge in [0.05, 0.1) is 12.0 Å². The monoisotopic (exact) mass is 247 g/mol. The van der Waals surface area contributed by atoms with Gasteiger partial charge >= 0.3 is 0 Å². The molecule has 0 amide bonds. The maximum Gasteiger partial charge on any atom is 0.135 e. The molecule has 3 unspecified atom stereocenters. The zero-order valence-corrected chi connectivity index (χ0v) is 10.8. The van der Waals surface area contributed by atoms with E-state index in [4.69, 9.17) is 5.26 Å². The Kier molecular flexibility index (Phi) is 3.81. The average Bonchev–Trinajstić information content (AvgIpc) is 2.53. The van der Waals surface area contributed by atoms with E-state index in [1.807, 2.05) is 20.0 Å². The van der Waals surface area contributed by atoms with Gasteiger partial charge in [-0.3, -0.25) is 4.99 Å². The van der Waals surface area contributed by atoms with E-state index >= 15 is 0 Å². The largest absolute Gasteiger partial charge is 0.347 e. The lowest BCUT2D eigenvalue weighted by Gasteiger charge is -2.27. The molecule has 4 heteroatoms. The summed E-state index contributed by atoms with van der Waals surface area (Å²) < 4.78 is 13.9. The van der Waals surface area contributed by atoms with Gasteiger partial charge in [-0.15, -0.1) is 0 Å². The Morgan fingerprint density at radius 1 is 1.56 bits per heavy atom. The predicted molar refractivity (Wildman–Crippen MR) is 69.7 cm³/mol. The molecule has 0 bridgehead atoms. The lowest BCUT2D eigenvalue weighted by atomic mass is 9.80. The predicted octanol–water partition coefficient (Wildman–Crippen LogP) is 2.73. The van der Waals surface area contributed by atoms with Crippen LogP contribution in [0.3, 0.4) is 0 Å². The van der Waals surface area contributed by atoms with Crippen LogP contribution in [-0.2, 0) is 0 Å². The number of nitrogens with zero attached hydrogens (tertiary/aromatic N) is 2. The third-order valence-electron chi connectivity index (χ3n) is 3.54. The molecule has 0 aromatic heterocycles. The van der Waals surface area contributed by atoms with Crippen molar-refractivity contribution in [3.63, 3.8) is 0 Å². The fourth-order valence-corrected chi connectivity index (χ4v) is 2.37. The van der Waals surface area contributed by atoms with Gasteiger partial charge in [-0.25, -0.2) is 4.39 Å². The number of halogens is 1. The molecule has 0 spiro atoms. The Hall–Kier alpha value is -1.63. The van der Waals surface area contributed by atoms with Crippen molar-refractivity contribution in [3.05, 3.63) is 23.4 Å². The minimum atomic E-state index is -1.19. The van der Waals surface area contributed by atoms with Gasteiger partial charge in [0.25, 0.3) is 0 Å². The van der Waals surface area contributed by atoms with Crippen LogP contribution in [0.1, 0.15) is 26.7 Å². The van der Waals surface area contributed by atoms with Crippen LogP contribution in [-0.4, -0.2) is 18.6 Å². The number of allylic oxidation sites excluding steroid dienone is 1. The van der Waals surface area contributed by atoms with Gasteiger partial charge in [0.2, 0.25) is 0 Å². The molecule has 1 aliphatic heterocycles. The molecule has 1 heterocycles. The molecule has 2 aliphatic rings. The second-order valence-electron chi connectivity index (χ2n) is 5.09. The molecule has 2 rings (SSSR count). The highest BCUT2D eigenvalue weighted by Crippen LogP contribution is 2.31. The van der Waals surface area contributed by atoms with Crippen LogP contribution in [0.5, 0.6) is 0 Å². The van der Waals surface area contributed by atoms with Crippen LogP contribution in [0.25, 0.3) is 0 Å². The Morgan fingerprint density at radius 3 is 3.00 bits per heavy atom. The molecule has 0 aromatic carbocycles. The third-order valence-corrected chi connectivity index (χ3v) is 3.54. The van der Waals surface area contributed by atoms with Gasteiger partial charge < -0.3 is 5.32 Å². The van der Waals surface area contributed by atoms with Crippen molar-refractivity contribution in [1.29, 1.82) is 5.26 Å². The Bertz CT molecular complexity index is 456. The number of rotatable bonds is 1. The van der Waals surface area contributed by atoms with E-state index in [9.17, 15) is 4.39 Å². The summed E-state index contributed by atoms with van der Waals surface area (Å²) >= 11 is 0. The van der Waals surface area contributed by atoms with Crippen molar-refractivity contribution in [2.24, 2.45) is 16.8 Å². The molecule has 18 heavy (non-hydrogen) atoms. The first-order valence-corrected chi connectivity index (χ1v) is 6.33. The summed E-state index contributed by atoms with van der Waals surface area (Å²) in [4.78, 5) is 4.45. The number of hydrogen-bond donors (Lipinski definition) is 1. The average molecular weight is 247 g/mol. The molecular formula is C14H18FN3. The van der Waals surface area contributed by atoms with Crippen LogP contribution in [0, 0.1) is 23.2 Å². The van der Waals surface area contributed by atoms with Gasteiger partial charge in [0.1, 0.15) is 12.0 Å². The first-order chi connectivity index (χ1) is 8.61. The van der Waals surface area contributed by atoms with Gasteiger partial charge in [-0.2, -0.15) is 5.26 Å². The van der Waals surface area contributed by atoms with E-state index in [0.29, 0.717) is 6.42 Å². The second-order valence-corrected chi connectivity index (χ2v) is 5.09. The molecule has 0 aromatic rings. The molecule has 0 fully saturated rings. The fourth-order valence-electron chi connectivity index (χ4n) is 2.37. The summed E-state index contributed by atoms with van der Waals surface area (Å²) in [5.41, 5.74) is 2.14. The summed E-state index contributed by atoms with van der Waals surface area (Å²) in [6.07, 6.45) is 3.93. The molecule has 0 saturated carbocycles. The molecule has 0 radical (unpaired) electrons. The zero-order chi connectivity index (χ0) is 13.1. The van der Waals surface area contributed by atoms with E-state index in [1.54, 1.807) is 6.08 Å². The quantitative estimate of drug-likeness (QED) is 0.774. The smallest absolute Gasteiger partial charge is 0.135 e. The van der Waals surface area contributed by atoms with E-state index in [-0.39, 0.29) is 5.92 Å². The van der Waals surface area contributed by atoms with Crippen LogP contribution in [0.15, 0.2) is 28.4 Å². The van der Waals surface area contributed by atoms with Crippen LogP contribution in [0.2, 0.25) is 0 Å². The van der Waals surface area contributed by atoms with Crippen LogP contribution >= 0.6 is 0 Å². The van der Waals surface area contributed by atoms with Crippen molar-refractivity contribution in [1.82, 2.24) is 5.32 Å². The summed E-state index contributed by atoms with van der Waals surface area (Å²) in [6.45, 7) is 4.70. The topological polar surface area (TPSA) is 48.2 Å². The number of alkyl halides is 1. The van der Waals surface area contributed by atoms with Crippen molar-refractivity contribution >= 4 is 5.84 Å². The maximum atomic E-state index is 13.9. The number of hydrogen-bond acceptors (Lipinski definition) is 3. The SMILES string of the molecule is CC1=CNC(C2=CC(F)C(C#N)C(C)C2)=NCC1. The van der Waals surface area contributed by atoms with Crippen molar-refractivity contribution in [2.45, 2.75) is 32.9 Å². The second kappa shape index (κ2) is 5.34. The summed E-state index contributed by atoms with van der Waals surface area (Å²) in [6, 6.07) is 2.05. The highest BCUT2D eigenvalue weighted by atomic mass is 19.1. The van der Waals surface area contributed by atoms with Crippen LogP contribution in [0.4, 0.5) is 4.39 Å². The number of nitriles is 1. The standard InChI is InChI=1S/C14H18FN3/c1-9-3-4-17-14(18-8-9)11-5-10(2)12(7-16)13(15)6-11/h6,8,10,12-13H,3-5H2,1-2H3,(H,17,18). The van der Waals surface area contributed by atoms with Crippen molar-refractivity contribution in [2.75, 3.05) is 6.54 Å². The number of amidine groups is 1. The normalized spacial score (nSPS) is 32.3. The molecular weight excluding hydrogens is 229 g/mol. The number of nitrogens with one attached hydrogen (secondary N) is 1. The fraction of sp³-hybridized carbons (Fsp3) is 0.571. The molecule has 1 aliphatic carbocycles. The molecule has 0 saturated heterocycles. The minimum Gasteiger partial charge on any atom is -0.347 e. The van der Waals surface area contributed by atoms with Crippen molar-refractivity contribution < 1.29 is 4.39 Å². The van der Waals surface area contributed by atoms with Gasteiger partial charge in [-0.1, -0.05) is 12.5 Å². The van der Waals surface area contributed by atoms with E-state index < -0.39 is 12.1 Å². The lowest BCUT2D eigenvalue weighted by Crippen LogP contribution is -2.30. The maximum absolute atomic E-state index is 13.9. The number of aliphatic imine (C=N–C) groups is 1. The van der Waals surface area contributed by atoms with Gasteiger partial charge in [0, 0.05) is 12.7 Å². The Morgan fingerprint density at radius 2 is 2.33 bits per heavy atom. The molecule has 1 N–H and O–H groups in total. The van der Waals surface area contributed by atoms with Gasteiger partial charge in [-0.05, 0) is 37.3 Å². The molecule has 3 atom stereocenters. The summed E-state index contributed by atoms with van der Waals surface area (Å²) in [5.74, 6) is 0.262. The van der Waals surface area contributed by atoms with Crippen LogP contribution < -0.4 is 5.32 Å². The Balaban J connectivity index is 2.20. The highest BCUT2D eigenvalue weighted by Gasteiger charge is 2.32. The summed E-state index contributed by atoms with van der Waals surface area (Å²) in [5, 5.41) is 12.1. The van der Waals surface area contributed by atoms with Gasteiger partial charge in [0.15, 0.2) is 0 Å². The highest BCUT2D eigenvalue weighted by molar-refractivity contribution is 5.99. The van der Waals surface area contributed by atoms with Crippen molar-refractivity contribution in [3.8, 4) is 6.07 Å². The molecule has 3 nitrogen and oxygen atoms in total. The Labute approximate surface area is 107 Å². The third kappa shape index (κ3) is 2.61. The lowest BCUT2D eigenvalue weighted by molar-refractivity contribution is 0.248. The first-order valence-electron chi connectivity index (χ1n) is 6.33. The van der Waals surface area contributed by atoms with E-state index in [2.05, 4.69) is 16.4 Å². The first kappa shape index (κ1) is 12.8. The van der Waals surface area contributed by atoms with E-state index in [0.717, 1.165) is 24.4 Å².